The molecule has 4 aliphatic rings. The van der Waals surface area contributed by atoms with Crippen LogP contribution in [0, 0.1) is 24.7 Å². The number of nitrogens with one attached hydrogen (secondary N) is 2. The van der Waals surface area contributed by atoms with Crippen LogP contribution in [0.25, 0.3) is 16.7 Å². The summed E-state index contributed by atoms with van der Waals surface area (Å²) in [6, 6.07) is 7.55. The second kappa shape index (κ2) is 13.8. The van der Waals surface area contributed by atoms with E-state index in [1.54, 1.807) is 23.7 Å². The van der Waals surface area contributed by atoms with E-state index in [1.165, 1.54) is 0 Å². The van der Waals surface area contributed by atoms with Crippen LogP contribution in [0.3, 0.4) is 0 Å². The van der Waals surface area contributed by atoms with Gasteiger partial charge in [0.2, 0.25) is 21.8 Å². The van der Waals surface area contributed by atoms with Crippen LogP contribution in [0.15, 0.2) is 42.6 Å². The molecule has 13 nitrogen and oxygen atoms in total. The molecule has 7 rings (SSSR count). The van der Waals surface area contributed by atoms with Gasteiger partial charge < -0.3 is 19.7 Å². The van der Waals surface area contributed by atoms with E-state index in [2.05, 4.69) is 23.9 Å². The zero-order valence-electron chi connectivity index (χ0n) is 30.4. The van der Waals surface area contributed by atoms with Gasteiger partial charge in [-0.15, -0.1) is 0 Å². The molecule has 1 aromatic carbocycles. The summed E-state index contributed by atoms with van der Waals surface area (Å²) in [5, 5.41) is 7.87. The van der Waals surface area contributed by atoms with Crippen molar-refractivity contribution in [1.29, 1.82) is 0 Å². The fourth-order valence-corrected chi connectivity index (χ4v) is 9.01. The highest BCUT2D eigenvalue weighted by atomic mass is 32.2. The third-order valence-corrected chi connectivity index (χ3v) is 12.9. The van der Waals surface area contributed by atoms with Crippen LogP contribution in [0.5, 0.6) is 11.5 Å². The predicted octanol–water partition coefficient (Wildman–Crippen LogP) is 4.32. The van der Waals surface area contributed by atoms with E-state index < -0.39 is 50.6 Å². The van der Waals surface area contributed by atoms with Crippen molar-refractivity contribution in [2.45, 2.75) is 94.9 Å². The Morgan fingerprint density at radius 1 is 1.10 bits per heavy atom. The van der Waals surface area contributed by atoms with Gasteiger partial charge in [-0.25, -0.2) is 18.1 Å². The average molecular weight is 733 g/mol. The molecule has 3 aromatic rings. The molecular formula is C38H48N6O7S. The molecule has 5 atom stereocenters. The van der Waals surface area contributed by atoms with Crippen molar-refractivity contribution in [3.63, 3.8) is 0 Å². The highest BCUT2D eigenvalue weighted by molar-refractivity contribution is 7.91. The number of allylic oxidation sites excluding steroid dienone is 1. The van der Waals surface area contributed by atoms with Gasteiger partial charge in [-0.2, -0.15) is 5.10 Å². The van der Waals surface area contributed by atoms with Crippen LogP contribution in [-0.4, -0.2) is 83.4 Å². The lowest BCUT2D eigenvalue weighted by molar-refractivity contribution is -0.140. The third kappa shape index (κ3) is 6.89. The van der Waals surface area contributed by atoms with Crippen molar-refractivity contribution in [1.82, 2.24) is 29.7 Å². The Morgan fingerprint density at radius 2 is 1.87 bits per heavy atom. The number of aromatic nitrogens is 3. The zero-order chi connectivity index (χ0) is 36.9. The number of aryl methyl sites for hydroxylation is 1. The summed E-state index contributed by atoms with van der Waals surface area (Å²) in [4.78, 5) is 48.6. The van der Waals surface area contributed by atoms with E-state index in [4.69, 9.17) is 19.6 Å². The van der Waals surface area contributed by atoms with Crippen LogP contribution in [0.1, 0.15) is 82.4 Å². The summed E-state index contributed by atoms with van der Waals surface area (Å²) in [7, 11) is -0.458. The molecule has 278 valence electrons. The average Bonchev–Trinajstić information content (AvgIpc) is 3.98. The highest BCUT2D eigenvalue weighted by Gasteiger charge is 2.62. The number of nitrogens with zero attached hydrogens (tertiary/aromatic N) is 4. The Bertz CT molecular complexity index is 2040. The lowest BCUT2D eigenvalue weighted by Gasteiger charge is -2.26. The van der Waals surface area contributed by atoms with Gasteiger partial charge >= 0.3 is 0 Å². The van der Waals surface area contributed by atoms with Crippen molar-refractivity contribution in [2.24, 2.45) is 17.8 Å². The number of hydrogen-bond donors (Lipinski definition) is 2. The minimum atomic E-state index is -3.83. The van der Waals surface area contributed by atoms with Crippen LogP contribution in [0.2, 0.25) is 0 Å². The first-order valence-corrected chi connectivity index (χ1v) is 19.9. The molecule has 14 heteroatoms. The highest BCUT2D eigenvalue weighted by Crippen LogP contribution is 2.47. The number of hydrogen-bond acceptors (Lipinski definition) is 9. The molecule has 0 unspecified atom stereocenters. The maximum atomic E-state index is 14.3. The Morgan fingerprint density at radius 3 is 2.58 bits per heavy atom. The van der Waals surface area contributed by atoms with Gasteiger partial charge in [-0.3, -0.25) is 19.1 Å². The Balaban J connectivity index is 1.21. The largest absolute Gasteiger partial charge is 0.496 e. The van der Waals surface area contributed by atoms with Crippen LogP contribution < -0.4 is 19.5 Å². The molecule has 0 spiro atoms. The smallest absolute Gasteiger partial charge is 0.259 e. The van der Waals surface area contributed by atoms with Gasteiger partial charge in [0.1, 0.15) is 23.1 Å². The molecule has 3 heterocycles. The predicted molar refractivity (Wildman–Crippen MR) is 195 cm³/mol. The fraction of sp³-hybridized carbons (Fsp3) is 0.553. The summed E-state index contributed by atoms with van der Waals surface area (Å²) >= 11 is 0. The van der Waals surface area contributed by atoms with Gasteiger partial charge in [0.25, 0.3) is 5.91 Å². The third-order valence-electron chi connectivity index (χ3n) is 11.1. The molecule has 1 aliphatic heterocycles. The van der Waals surface area contributed by atoms with Crippen LogP contribution in [0.4, 0.5) is 0 Å². The van der Waals surface area contributed by atoms with E-state index >= 15 is 0 Å². The molecule has 3 saturated carbocycles. The molecule has 2 aromatic heterocycles. The topological polar surface area (TPSA) is 162 Å². The molecule has 3 fully saturated rings. The fourth-order valence-electron chi connectivity index (χ4n) is 7.65. The lowest BCUT2D eigenvalue weighted by atomic mass is 9.93. The maximum Gasteiger partial charge on any atom is 0.259 e. The number of carbonyl (C=O) groups excluding carboxylic acids is 3. The summed E-state index contributed by atoms with van der Waals surface area (Å²) in [6.45, 7) is 6.64. The molecule has 2 N–H and O–H groups in total. The van der Waals surface area contributed by atoms with Crippen molar-refractivity contribution < 1.29 is 32.3 Å². The van der Waals surface area contributed by atoms with Crippen molar-refractivity contribution in [3.8, 4) is 17.3 Å². The van der Waals surface area contributed by atoms with E-state index in [0.29, 0.717) is 42.2 Å². The first-order chi connectivity index (χ1) is 24.8. The summed E-state index contributed by atoms with van der Waals surface area (Å²) in [6.07, 6.45) is 9.42. The zero-order valence-corrected chi connectivity index (χ0v) is 31.2. The number of amides is 3. The van der Waals surface area contributed by atoms with Crippen molar-refractivity contribution in [2.75, 3.05) is 20.7 Å². The Hall–Kier alpha value is -4.46. The van der Waals surface area contributed by atoms with Gasteiger partial charge in [-0.1, -0.05) is 26.0 Å². The maximum absolute atomic E-state index is 14.3. The molecule has 0 saturated heterocycles. The van der Waals surface area contributed by atoms with Crippen LogP contribution in [-0.2, 0) is 24.4 Å². The SMILES string of the molecule is COc1ccc2c(O[C@@H]3C[C@H]4C(=O)N[C@]5(C(=O)NS(=O)(=O)C6CC6)C[C@H]5/C=C\CCCCN(C)C(=O)[C@@H]4C3)cc(-n3ccc(C(C)C)n3)nc2c1C. The van der Waals surface area contributed by atoms with E-state index in [9.17, 15) is 22.8 Å². The first kappa shape index (κ1) is 35.9. The molecule has 3 aliphatic carbocycles. The van der Waals surface area contributed by atoms with Gasteiger partial charge in [0.15, 0.2) is 5.82 Å². The normalized spacial score (nSPS) is 27.4. The minimum absolute atomic E-state index is 0.153. The second-order valence-electron chi connectivity index (χ2n) is 15.2. The molecular weight excluding hydrogens is 685 g/mol. The number of sulfonamides is 1. The standard InChI is InChI=1S/C38H48N6O7S/c1-22(2)30-15-17-44(41-30)33-20-32(27-13-14-31(50-5)23(3)34(27)39-33)51-25-18-28-29(19-25)36(46)43(4)16-9-7-6-8-10-24-21-38(24,40-35(28)45)37(47)42-52(48,49)26-11-12-26/h8,10,13-15,17,20,22,24-26,28-29H,6-7,9,11-12,16,18-19,21H2,1-5H3,(H,40,45)(H,42,47)/b10-8-/t24-,25-,28-,29-,38-/m1/s1. The molecule has 3 amide bonds. The van der Waals surface area contributed by atoms with Crippen molar-refractivity contribution >= 4 is 38.6 Å². The van der Waals surface area contributed by atoms with Gasteiger partial charge in [0, 0.05) is 42.7 Å². The monoisotopic (exact) mass is 732 g/mol. The Labute approximate surface area is 304 Å². The number of rotatable bonds is 8. The Kier molecular flexibility index (Phi) is 9.55. The number of pyridine rings is 1. The van der Waals surface area contributed by atoms with E-state index in [1.807, 2.05) is 49.5 Å². The summed E-state index contributed by atoms with van der Waals surface area (Å²) in [5.41, 5.74) is 1.03. The summed E-state index contributed by atoms with van der Waals surface area (Å²) < 4.78 is 41.9. The number of benzene rings is 1. The van der Waals surface area contributed by atoms with Gasteiger partial charge in [0.05, 0.1) is 35.4 Å². The minimum Gasteiger partial charge on any atom is -0.496 e. The molecule has 0 bridgehead atoms. The van der Waals surface area contributed by atoms with Crippen molar-refractivity contribution in [3.05, 3.63) is 53.9 Å². The van der Waals surface area contributed by atoms with Crippen LogP contribution >= 0.6 is 0 Å². The summed E-state index contributed by atoms with van der Waals surface area (Å²) in [5.74, 6) is -1.18. The van der Waals surface area contributed by atoms with E-state index in [0.717, 1.165) is 35.9 Å². The van der Waals surface area contributed by atoms with Gasteiger partial charge in [-0.05, 0) is 82.4 Å². The number of methoxy groups -OCH3 is 1. The first-order valence-electron chi connectivity index (χ1n) is 18.3. The number of carbonyl (C=O) groups is 3. The second-order valence-corrected chi connectivity index (χ2v) is 17.1. The quantitative estimate of drug-likeness (QED) is 0.322. The number of ether oxygens (including phenoxy) is 2. The number of fused-ring (bicyclic) bond motifs is 3. The molecule has 0 radical (unpaired) electrons. The van der Waals surface area contributed by atoms with E-state index in [-0.39, 0.29) is 37.0 Å². The molecule has 52 heavy (non-hydrogen) atoms. The lowest BCUT2D eigenvalue weighted by Crippen LogP contribution is -2.54.